The van der Waals surface area contributed by atoms with Gasteiger partial charge >= 0.3 is 5.97 Å². The number of amides is 1. The zero-order chi connectivity index (χ0) is 13.7. The van der Waals surface area contributed by atoms with Crippen molar-refractivity contribution >= 4 is 17.6 Å². The van der Waals surface area contributed by atoms with Crippen molar-refractivity contribution in [2.45, 2.75) is 12.5 Å². The number of aromatic carboxylic acids is 1. The fraction of sp³-hybridized carbons (Fsp3) is 0.167. The maximum Gasteiger partial charge on any atom is 0.339 e. The highest BCUT2D eigenvalue weighted by atomic mass is 16.4. The Bertz CT molecular complexity index is 519. The lowest BCUT2D eigenvalue weighted by Gasteiger charge is -2.10. The zero-order valence-corrected chi connectivity index (χ0v) is 9.38. The van der Waals surface area contributed by atoms with Crippen molar-refractivity contribution < 1.29 is 19.8 Å². The largest absolute Gasteiger partial charge is 0.507 e. The molecule has 1 unspecified atom stereocenters. The van der Waals surface area contributed by atoms with Crippen molar-refractivity contribution in [1.82, 2.24) is 0 Å². The highest BCUT2D eigenvalue weighted by Crippen LogP contribution is 2.21. The summed E-state index contributed by atoms with van der Waals surface area (Å²) in [4.78, 5) is 22.2. The number of carbonyl (C=O) groups is 2. The van der Waals surface area contributed by atoms with Crippen LogP contribution in [-0.2, 0) is 4.79 Å². The standard InChI is InChI=1S/C12H12N2O4/c1-2-3-9(13)11(16)14-7-4-5-8(12(17)18)10(15)6-7/h1,4-6,9,15H,3,13H2,(H,14,16)(H,17,18). The lowest BCUT2D eigenvalue weighted by molar-refractivity contribution is -0.117. The van der Waals surface area contributed by atoms with Gasteiger partial charge in [-0.05, 0) is 12.1 Å². The van der Waals surface area contributed by atoms with Gasteiger partial charge in [0.1, 0.15) is 11.3 Å². The van der Waals surface area contributed by atoms with Crippen LogP contribution in [0.5, 0.6) is 5.75 Å². The predicted molar refractivity (Wildman–Crippen MR) is 65.1 cm³/mol. The average molecular weight is 248 g/mol. The van der Waals surface area contributed by atoms with Crippen LogP contribution in [0.1, 0.15) is 16.8 Å². The van der Waals surface area contributed by atoms with Crippen LogP contribution in [0.15, 0.2) is 18.2 Å². The summed E-state index contributed by atoms with van der Waals surface area (Å²) < 4.78 is 0. The summed E-state index contributed by atoms with van der Waals surface area (Å²) >= 11 is 0. The highest BCUT2D eigenvalue weighted by molar-refractivity contribution is 5.96. The number of nitrogens with two attached hydrogens (primary N) is 1. The van der Waals surface area contributed by atoms with Gasteiger partial charge in [0.25, 0.3) is 0 Å². The number of aromatic hydroxyl groups is 1. The third-order valence-corrected chi connectivity index (χ3v) is 2.17. The van der Waals surface area contributed by atoms with Gasteiger partial charge in [0.15, 0.2) is 0 Å². The van der Waals surface area contributed by atoms with E-state index in [-0.39, 0.29) is 17.7 Å². The monoisotopic (exact) mass is 248 g/mol. The van der Waals surface area contributed by atoms with Gasteiger partial charge in [0.05, 0.1) is 6.04 Å². The second-order valence-electron chi connectivity index (χ2n) is 3.54. The molecular formula is C12H12N2O4. The first-order valence-corrected chi connectivity index (χ1v) is 5.02. The molecule has 1 aromatic rings. The normalized spacial score (nSPS) is 11.3. The van der Waals surface area contributed by atoms with Crippen molar-refractivity contribution in [3.8, 4) is 18.1 Å². The molecule has 6 heteroatoms. The average Bonchev–Trinajstić information content (AvgIpc) is 2.28. The van der Waals surface area contributed by atoms with Crippen molar-refractivity contribution in [3.05, 3.63) is 23.8 Å². The molecule has 18 heavy (non-hydrogen) atoms. The molecular weight excluding hydrogens is 236 g/mol. The Morgan fingerprint density at radius 2 is 2.17 bits per heavy atom. The van der Waals surface area contributed by atoms with E-state index in [4.69, 9.17) is 17.3 Å². The van der Waals surface area contributed by atoms with E-state index in [1.54, 1.807) is 0 Å². The molecule has 1 amide bonds. The summed E-state index contributed by atoms with van der Waals surface area (Å²) in [6, 6.07) is 2.81. The topological polar surface area (TPSA) is 113 Å². The van der Waals surface area contributed by atoms with Crippen molar-refractivity contribution in [3.63, 3.8) is 0 Å². The molecule has 0 bridgehead atoms. The van der Waals surface area contributed by atoms with E-state index < -0.39 is 23.7 Å². The lowest BCUT2D eigenvalue weighted by Crippen LogP contribution is -2.35. The summed E-state index contributed by atoms with van der Waals surface area (Å²) in [5, 5.41) is 20.5. The third-order valence-electron chi connectivity index (χ3n) is 2.17. The first-order chi connectivity index (χ1) is 8.45. The number of rotatable bonds is 4. The van der Waals surface area contributed by atoms with Crippen LogP contribution in [0.4, 0.5) is 5.69 Å². The molecule has 0 aliphatic heterocycles. The van der Waals surface area contributed by atoms with E-state index in [0.717, 1.165) is 6.07 Å². The summed E-state index contributed by atoms with van der Waals surface area (Å²) in [6.07, 6.45) is 5.11. The molecule has 94 valence electrons. The highest BCUT2D eigenvalue weighted by Gasteiger charge is 2.14. The summed E-state index contributed by atoms with van der Waals surface area (Å²) in [6.45, 7) is 0. The fourth-order valence-corrected chi connectivity index (χ4v) is 1.24. The Kier molecular flexibility index (Phi) is 4.29. The number of hydrogen-bond acceptors (Lipinski definition) is 4. The SMILES string of the molecule is C#CCC(N)C(=O)Nc1ccc(C(=O)O)c(O)c1. The summed E-state index contributed by atoms with van der Waals surface area (Å²) in [5.74, 6) is 0.0582. The molecule has 1 rings (SSSR count). The Hall–Kier alpha value is -2.52. The van der Waals surface area contributed by atoms with E-state index >= 15 is 0 Å². The van der Waals surface area contributed by atoms with E-state index in [2.05, 4.69) is 11.2 Å². The molecule has 0 aliphatic carbocycles. The van der Waals surface area contributed by atoms with Gasteiger partial charge in [0.2, 0.25) is 5.91 Å². The Labute approximate surface area is 103 Å². The van der Waals surface area contributed by atoms with Crippen LogP contribution < -0.4 is 11.1 Å². The van der Waals surface area contributed by atoms with E-state index in [1.165, 1.54) is 12.1 Å². The third kappa shape index (κ3) is 3.23. The lowest BCUT2D eigenvalue weighted by atomic mass is 10.1. The van der Waals surface area contributed by atoms with E-state index in [9.17, 15) is 14.7 Å². The van der Waals surface area contributed by atoms with Gasteiger partial charge in [-0.2, -0.15) is 0 Å². The maximum absolute atomic E-state index is 11.5. The number of benzene rings is 1. The quantitative estimate of drug-likeness (QED) is 0.575. The first-order valence-electron chi connectivity index (χ1n) is 5.02. The second kappa shape index (κ2) is 5.70. The molecule has 0 fully saturated rings. The number of anilines is 1. The molecule has 1 atom stereocenters. The summed E-state index contributed by atoms with van der Waals surface area (Å²) in [5.41, 5.74) is 5.48. The van der Waals surface area contributed by atoms with Crippen molar-refractivity contribution in [2.75, 3.05) is 5.32 Å². The molecule has 1 aromatic carbocycles. The molecule has 0 spiro atoms. The predicted octanol–water partition coefficient (Wildman–Crippen LogP) is 0.379. The number of terminal acetylenes is 1. The van der Waals surface area contributed by atoms with E-state index in [1.807, 2.05) is 0 Å². The fourth-order valence-electron chi connectivity index (χ4n) is 1.24. The minimum Gasteiger partial charge on any atom is -0.507 e. The Balaban J connectivity index is 2.81. The molecule has 0 aliphatic rings. The Morgan fingerprint density at radius 3 is 2.67 bits per heavy atom. The number of hydrogen-bond donors (Lipinski definition) is 4. The maximum atomic E-state index is 11.5. The smallest absolute Gasteiger partial charge is 0.339 e. The zero-order valence-electron chi connectivity index (χ0n) is 9.38. The van der Waals surface area contributed by atoms with Crippen molar-refractivity contribution in [1.29, 1.82) is 0 Å². The van der Waals surface area contributed by atoms with Crippen LogP contribution in [0.25, 0.3) is 0 Å². The molecule has 0 saturated heterocycles. The van der Waals surface area contributed by atoms with Crippen molar-refractivity contribution in [2.24, 2.45) is 5.73 Å². The van der Waals surface area contributed by atoms with Crippen LogP contribution in [0.2, 0.25) is 0 Å². The second-order valence-corrected chi connectivity index (χ2v) is 3.54. The van der Waals surface area contributed by atoms with E-state index in [0.29, 0.717) is 0 Å². The number of nitrogens with one attached hydrogen (secondary N) is 1. The van der Waals surface area contributed by atoms with Crippen LogP contribution in [0, 0.1) is 12.3 Å². The van der Waals surface area contributed by atoms with Gasteiger partial charge in [-0.15, -0.1) is 12.3 Å². The van der Waals surface area contributed by atoms with Gasteiger partial charge in [-0.25, -0.2) is 4.79 Å². The first kappa shape index (κ1) is 13.5. The van der Waals surface area contributed by atoms with Crippen LogP contribution >= 0.6 is 0 Å². The molecule has 6 nitrogen and oxygen atoms in total. The number of carboxylic acid groups (broad SMARTS) is 1. The number of carboxylic acids is 1. The van der Waals surface area contributed by atoms with Gasteiger partial charge in [-0.3, -0.25) is 4.79 Å². The minimum atomic E-state index is -1.26. The van der Waals surface area contributed by atoms with Gasteiger partial charge < -0.3 is 21.3 Å². The molecule has 0 radical (unpaired) electrons. The number of phenols is 1. The molecule has 0 aromatic heterocycles. The van der Waals surface area contributed by atoms with Crippen LogP contribution in [0.3, 0.4) is 0 Å². The molecule has 5 N–H and O–H groups in total. The molecule has 0 heterocycles. The molecule has 0 saturated carbocycles. The minimum absolute atomic E-state index is 0.0883. The summed E-state index contributed by atoms with van der Waals surface area (Å²) in [7, 11) is 0. The van der Waals surface area contributed by atoms with Crippen LogP contribution in [-0.4, -0.2) is 28.1 Å². The Morgan fingerprint density at radius 1 is 1.50 bits per heavy atom. The van der Waals surface area contributed by atoms with Gasteiger partial charge in [0, 0.05) is 18.2 Å². The number of carbonyl (C=O) groups excluding carboxylic acids is 1. The van der Waals surface area contributed by atoms with Gasteiger partial charge in [-0.1, -0.05) is 0 Å².